The molecule has 138 valence electrons. The van der Waals surface area contributed by atoms with Crippen molar-refractivity contribution >= 4 is 11.7 Å². The van der Waals surface area contributed by atoms with Crippen molar-refractivity contribution in [3.63, 3.8) is 0 Å². The van der Waals surface area contributed by atoms with Crippen molar-refractivity contribution in [2.75, 3.05) is 13.1 Å². The van der Waals surface area contributed by atoms with E-state index in [1.807, 2.05) is 60.4 Å². The molecule has 3 heteroatoms. The van der Waals surface area contributed by atoms with E-state index in [-0.39, 0.29) is 11.7 Å². The SMILES string of the molecule is CCC(=O)c1cccc(-c2ccc(C(=O)N3C[C@H]4CC=CC[C@H]4C3)cc2)c1. The molecule has 4 rings (SSSR count). The molecule has 3 nitrogen and oxygen atoms in total. The van der Waals surface area contributed by atoms with Gasteiger partial charge < -0.3 is 4.90 Å². The first-order valence-electron chi connectivity index (χ1n) is 9.83. The minimum Gasteiger partial charge on any atom is -0.338 e. The Morgan fingerprint density at radius 1 is 0.889 bits per heavy atom. The van der Waals surface area contributed by atoms with Gasteiger partial charge in [0.15, 0.2) is 5.78 Å². The third kappa shape index (κ3) is 3.59. The highest BCUT2D eigenvalue weighted by atomic mass is 16.2. The van der Waals surface area contributed by atoms with Gasteiger partial charge in [0, 0.05) is 30.6 Å². The first kappa shape index (κ1) is 17.7. The van der Waals surface area contributed by atoms with Crippen LogP contribution in [0.4, 0.5) is 0 Å². The van der Waals surface area contributed by atoms with E-state index in [0.29, 0.717) is 18.3 Å². The second-order valence-electron chi connectivity index (χ2n) is 7.61. The van der Waals surface area contributed by atoms with E-state index < -0.39 is 0 Å². The molecule has 1 aliphatic heterocycles. The molecule has 1 aliphatic carbocycles. The van der Waals surface area contributed by atoms with E-state index in [2.05, 4.69) is 12.2 Å². The second-order valence-corrected chi connectivity index (χ2v) is 7.61. The van der Waals surface area contributed by atoms with Crippen LogP contribution in [0.25, 0.3) is 11.1 Å². The van der Waals surface area contributed by atoms with Crippen molar-refractivity contribution < 1.29 is 9.59 Å². The van der Waals surface area contributed by atoms with Crippen molar-refractivity contribution in [1.29, 1.82) is 0 Å². The normalized spacial score (nSPS) is 21.1. The molecule has 0 spiro atoms. The number of allylic oxidation sites excluding steroid dienone is 2. The Morgan fingerprint density at radius 3 is 2.19 bits per heavy atom. The molecule has 0 unspecified atom stereocenters. The summed E-state index contributed by atoms with van der Waals surface area (Å²) in [4.78, 5) is 26.8. The molecule has 27 heavy (non-hydrogen) atoms. The number of Topliss-reactive ketones (excluding diaryl/α,β-unsaturated/α-hetero) is 1. The van der Waals surface area contributed by atoms with Gasteiger partial charge >= 0.3 is 0 Å². The molecule has 2 aliphatic rings. The third-order valence-corrected chi connectivity index (χ3v) is 5.88. The lowest BCUT2D eigenvalue weighted by Crippen LogP contribution is -2.28. The lowest BCUT2D eigenvalue weighted by Gasteiger charge is -2.17. The molecule has 0 radical (unpaired) electrons. The monoisotopic (exact) mass is 359 g/mol. The number of rotatable bonds is 4. The van der Waals surface area contributed by atoms with Gasteiger partial charge in [0.1, 0.15) is 0 Å². The zero-order valence-electron chi connectivity index (χ0n) is 15.7. The number of likely N-dealkylation sites (tertiary alicyclic amines) is 1. The van der Waals surface area contributed by atoms with Crippen LogP contribution in [0.2, 0.25) is 0 Å². The molecular weight excluding hydrogens is 334 g/mol. The zero-order valence-corrected chi connectivity index (χ0v) is 15.7. The summed E-state index contributed by atoms with van der Waals surface area (Å²) in [6.45, 7) is 3.62. The number of amides is 1. The van der Waals surface area contributed by atoms with Gasteiger partial charge in [-0.05, 0) is 54.0 Å². The van der Waals surface area contributed by atoms with Gasteiger partial charge in [0.05, 0.1) is 0 Å². The van der Waals surface area contributed by atoms with Crippen molar-refractivity contribution in [3.8, 4) is 11.1 Å². The van der Waals surface area contributed by atoms with E-state index in [1.54, 1.807) is 0 Å². The average Bonchev–Trinajstić information content (AvgIpc) is 3.17. The number of carbonyl (C=O) groups is 2. The largest absolute Gasteiger partial charge is 0.338 e. The van der Waals surface area contributed by atoms with Crippen molar-refractivity contribution in [2.24, 2.45) is 11.8 Å². The maximum atomic E-state index is 12.9. The number of nitrogens with zero attached hydrogens (tertiary/aromatic N) is 1. The van der Waals surface area contributed by atoms with Crippen LogP contribution in [0.1, 0.15) is 46.9 Å². The number of hydrogen-bond acceptors (Lipinski definition) is 2. The van der Waals surface area contributed by atoms with Crippen molar-refractivity contribution in [1.82, 2.24) is 4.90 Å². The molecule has 1 saturated heterocycles. The molecule has 0 saturated carbocycles. The molecule has 1 amide bonds. The van der Waals surface area contributed by atoms with Crippen LogP contribution >= 0.6 is 0 Å². The number of hydrogen-bond donors (Lipinski definition) is 0. The summed E-state index contributed by atoms with van der Waals surface area (Å²) < 4.78 is 0. The Hall–Kier alpha value is -2.68. The Bertz CT molecular complexity index is 866. The number of benzene rings is 2. The molecule has 1 fully saturated rings. The molecule has 2 aromatic carbocycles. The molecule has 0 bridgehead atoms. The van der Waals surface area contributed by atoms with Gasteiger partial charge in [0.2, 0.25) is 0 Å². The second kappa shape index (κ2) is 7.51. The lowest BCUT2D eigenvalue weighted by molar-refractivity contribution is 0.0784. The number of ketones is 1. The molecule has 2 atom stereocenters. The molecular formula is C24H25NO2. The first-order chi connectivity index (χ1) is 13.2. The summed E-state index contributed by atoms with van der Waals surface area (Å²) >= 11 is 0. The fourth-order valence-electron chi connectivity index (χ4n) is 4.24. The Kier molecular flexibility index (Phi) is 4.93. The molecule has 0 N–H and O–H groups in total. The topological polar surface area (TPSA) is 37.4 Å². The van der Waals surface area contributed by atoms with Gasteiger partial charge in [-0.15, -0.1) is 0 Å². The van der Waals surface area contributed by atoms with Gasteiger partial charge in [-0.25, -0.2) is 0 Å². The minimum absolute atomic E-state index is 0.130. The van der Waals surface area contributed by atoms with Crippen LogP contribution in [0, 0.1) is 11.8 Å². The predicted octanol–water partition coefficient (Wildman–Crippen LogP) is 4.98. The predicted molar refractivity (Wildman–Crippen MR) is 108 cm³/mol. The summed E-state index contributed by atoms with van der Waals surface area (Å²) in [6.07, 6.45) is 7.20. The van der Waals surface area contributed by atoms with Gasteiger partial charge in [-0.2, -0.15) is 0 Å². The van der Waals surface area contributed by atoms with E-state index in [0.717, 1.165) is 48.2 Å². The lowest BCUT2D eigenvalue weighted by atomic mass is 9.86. The summed E-state index contributed by atoms with van der Waals surface area (Å²) in [5.41, 5.74) is 3.51. The van der Waals surface area contributed by atoms with Crippen LogP contribution < -0.4 is 0 Å². The fraction of sp³-hybridized carbons (Fsp3) is 0.333. The third-order valence-electron chi connectivity index (χ3n) is 5.88. The van der Waals surface area contributed by atoms with Crippen molar-refractivity contribution in [2.45, 2.75) is 26.2 Å². The van der Waals surface area contributed by atoms with E-state index in [4.69, 9.17) is 0 Å². The quantitative estimate of drug-likeness (QED) is 0.570. The van der Waals surface area contributed by atoms with Crippen LogP contribution in [0.15, 0.2) is 60.7 Å². The van der Waals surface area contributed by atoms with Gasteiger partial charge in [-0.1, -0.05) is 49.4 Å². The standard InChI is InChI=1S/C24H25NO2/c1-2-23(26)20-9-5-8-19(14-20)17-10-12-18(13-11-17)24(27)25-15-21-6-3-4-7-22(21)16-25/h3-5,8-14,21-22H,2,6-7,15-16H2,1H3/t21-,22+. The van der Waals surface area contributed by atoms with Gasteiger partial charge in [0.25, 0.3) is 5.91 Å². The van der Waals surface area contributed by atoms with Gasteiger partial charge in [-0.3, -0.25) is 9.59 Å². The summed E-state index contributed by atoms with van der Waals surface area (Å²) in [7, 11) is 0. The van der Waals surface area contributed by atoms with Crippen LogP contribution in [-0.4, -0.2) is 29.7 Å². The average molecular weight is 359 g/mol. The Labute approximate surface area is 160 Å². The highest BCUT2D eigenvalue weighted by Gasteiger charge is 2.35. The van der Waals surface area contributed by atoms with Crippen molar-refractivity contribution in [3.05, 3.63) is 71.8 Å². The maximum absolute atomic E-state index is 12.9. The summed E-state index contributed by atoms with van der Waals surface area (Å²) in [5.74, 6) is 1.52. The summed E-state index contributed by atoms with van der Waals surface area (Å²) in [6, 6.07) is 15.5. The smallest absolute Gasteiger partial charge is 0.253 e. The fourth-order valence-corrected chi connectivity index (χ4v) is 4.24. The van der Waals surface area contributed by atoms with E-state index in [1.165, 1.54) is 0 Å². The minimum atomic E-state index is 0.130. The maximum Gasteiger partial charge on any atom is 0.253 e. The van der Waals surface area contributed by atoms with E-state index in [9.17, 15) is 9.59 Å². The zero-order chi connectivity index (χ0) is 18.8. The highest BCUT2D eigenvalue weighted by Crippen LogP contribution is 2.33. The molecule has 1 heterocycles. The number of carbonyl (C=O) groups excluding carboxylic acids is 2. The van der Waals surface area contributed by atoms with E-state index >= 15 is 0 Å². The molecule has 2 aromatic rings. The van der Waals surface area contributed by atoms with Crippen LogP contribution in [0.3, 0.4) is 0 Å². The van der Waals surface area contributed by atoms with Crippen LogP contribution in [0.5, 0.6) is 0 Å². The molecule has 0 aromatic heterocycles. The number of fused-ring (bicyclic) bond motifs is 1. The summed E-state index contributed by atoms with van der Waals surface area (Å²) in [5, 5.41) is 0. The Balaban J connectivity index is 1.49. The first-order valence-corrected chi connectivity index (χ1v) is 9.83. The Morgan fingerprint density at radius 2 is 1.56 bits per heavy atom. The highest BCUT2D eigenvalue weighted by molar-refractivity contribution is 5.97. The van der Waals surface area contributed by atoms with Crippen LogP contribution in [-0.2, 0) is 0 Å².